The van der Waals surface area contributed by atoms with E-state index < -0.39 is 0 Å². The second kappa shape index (κ2) is 5.05. The van der Waals surface area contributed by atoms with Gasteiger partial charge in [0.05, 0.1) is 16.5 Å². The highest BCUT2D eigenvalue weighted by Crippen LogP contribution is 2.26. The summed E-state index contributed by atoms with van der Waals surface area (Å²) in [5.74, 6) is 5.24. The number of Topliss-reactive ketones (excluding diaryl/α,β-unsaturated/α-hetero) is 1. The molecule has 3 heteroatoms. The summed E-state index contributed by atoms with van der Waals surface area (Å²) in [6, 6.07) is 4.99. The van der Waals surface area contributed by atoms with Crippen molar-refractivity contribution in [1.29, 1.82) is 0 Å². The van der Waals surface area contributed by atoms with E-state index in [1.807, 2.05) is 0 Å². The van der Waals surface area contributed by atoms with Gasteiger partial charge in [-0.05, 0) is 19.1 Å². The van der Waals surface area contributed by atoms with Crippen LogP contribution in [0.2, 0.25) is 10.0 Å². The maximum absolute atomic E-state index is 11.5. The number of hydrogen-bond acceptors (Lipinski definition) is 1. The molecule has 0 saturated heterocycles. The van der Waals surface area contributed by atoms with Gasteiger partial charge in [-0.2, -0.15) is 0 Å². The van der Waals surface area contributed by atoms with E-state index >= 15 is 0 Å². The van der Waals surface area contributed by atoms with Gasteiger partial charge < -0.3 is 0 Å². The molecule has 14 heavy (non-hydrogen) atoms. The van der Waals surface area contributed by atoms with Crippen molar-refractivity contribution >= 4 is 29.0 Å². The number of hydrogen-bond donors (Lipinski definition) is 0. The van der Waals surface area contributed by atoms with Gasteiger partial charge in [0.1, 0.15) is 0 Å². The Bertz CT molecular complexity index is 413. The van der Waals surface area contributed by atoms with Crippen molar-refractivity contribution in [3.05, 3.63) is 33.8 Å². The Balaban J connectivity index is 2.99. The van der Waals surface area contributed by atoms with Crippen LogP contribution in [0, 0.1) is 11.8 Å². The Morgan fingerprint density at radius 1 is 1.43 bits per heavy atom. The number of halogens is 2. The van der Waals surface area contributed by atoms with Crippen LogP contribution >= 0.6 is 23.2 Å². The van der Waals surface area contributed by atoms with Crippen LogP contribution in [0.3, 0.4) is 0 Å². The average molecular weight is 227 g/mol. The molecule has 0 saturated carbocycles. The third kappa shape index (κ3) is 2.51. The minimum absolute atomic E-state index is 0.105. The molecule has 1 aromatic carbocycles. The Kier molecular flexibility index (Phi) is 4.00. The van der Waals surface area contributed by atoms with Crippen molar-refractivity contribution in [3.63, 3.8) is 0 Å². The van der Waals surface area contributed by atoms with Crippen molar-refractivity contribution in [1.82, 2.24) is 0 Å². The quantitative estimate of drug-likeness (QED) is 0.557. The lowest BCUT2D eigenvalue weighted by Gasteiger charge is -2.01. The highest BCUT2D eigenvalue weighted by atomic mass is 35.5. The Morgan fingerprint density at radius 3 is 2.79 bits per heavy atom. The van der Waals surface area contributed by atoms with Gasteiger partial charge >= 0.3 is 0 Å². The first-order valence-electron chi connectivity index (χ1n) is 4.03. The fourth-order valence-corrected chi connectivity index (χ4v) is 1.39. The lowest BCUT2D eigenvalue weighted by molar-refractivity contribution is 0.0998. The molecule has 0 radical (unpaired) electrons. The fourth-order valence-electron chi connectivity index (χ4n) is 0.983. The molecule has 0 aliphatic heterocycles. The van der Waals surface area contributed by atoms with E-state index in [9.17, 15) is 4.79 Å². The summed E-state index contributed by atoms with van der Waals surface area (Å²) in [5.41, 5.74) is 0.432. The van der Waals surface area contributed by atoms with E-state index in [2.05, 4.69) is 11.8 Å². The van der Waals surface area contributed by atoms with E-state index in [4.69, 9.17) is 23.2 Å². The molecule has 0 atom stereocenters. The summed E-state index contributed by atoms with van der Waals surface area (Å²) in [5, 5.41) is 0.694. The standard InChI is InChI=1S/C11H8Cl2O/c1-2-3-7-10(14)8-5-4-6-9(12)11(8)13/h4-6H,7H2,1H3. The maximum Gasteiger partial charge on any atom is 0.176 e. The van der Waals surface area contributed by atoms with Crippen LogP contribution in [-0.4, -0.2) is 5.78 Å². The Labute approximate surface area is 93.0 Å². The van der Waals surface area contributed by atoms with E-state index in [0.29, 0.717) is 15.6 Å². The average Bonchev–Trinajstić information content (AvgIpc) is 2.18. The van der Waals surface area contributed by atoms with Crippen LogP contribution in [0.25, 0.3) is 0 Å². The number of rotatable bonds is 2. The molecule has 1 aromatic rings. The Morgan fingerprint density at radius 2 is 2.14 bits per heavy atom. The molecular formula is C11H8Cl2O. The van der Waals surface area contributed by atoms with E-state index in [0.717, 1.165) is 0 Å². The van der Waals surface area contributed by atoms with Gasteiger partial charge in [-0.3, -0.25) is 4.79 Å². The molecule has 0 N–H and O–H groups in total. The summed E-state index contributed by atoms with van der Waals surface area (Å²) >= 11 is 11.6. The molecule has 0 spiro atoms. The Hall–Kier alpha value is -0.970. The number of ketones is 1. The molecule has 1 rings (SSSR count). The molecule has 72 valence electrons. The van der Waals surface area contributed by atoms with Gasteiger partial charge in [0, 0.05) is 5.56 Å². The first-order valence-corrected chi connectivity index (χ1v) is 4.79. The lowest BCUT2D eigenvalue weighted by atomic mass is 10.1. The molecule has 0 unspecified atom stereocenters. The van der Waals surface area contributed by atoms with E-state index in [-0.39, 0.29) is 12.2 Å². The van der Waals surface area contributed by atoms with Gasteiger partial charge in [-0.25, -0.2) is 0 Å². The molecule has 0 aliphatic rings. The van der Waals surface area contributed by atoms with Gasteiger partial charge in [0.25, 0.3) is 0 Å². The van der Waals surface area contributed by atoms with E-state index in [1.165, 1.54) is 0 Å². The predicted octanol–water partition coefficient (Wildman–Crippen LogP) is 3.59. The summed E-state index contributed by atoms with van der Waals surface area (Å²) < 4.78 is 0. The first kappa shape index (κ1) is 11.1. The second-order valence-electron chi connectivity index (χ2n) is 2.63. The number of carbonyl (C=O) groups excluding carboxylic acids is 1. The first-order chi connectivity index (χ1) is 6.66. The molecule has 0 heterocycles. The van der Waals surface area contributed by atoms with Gasteiger partial charge in [-0.15, -0.1) is 5.92 Å². The topological polar surface area (TPSA) is 17.1 Å². The van der Waals surface area contributed by atoms with Crippen LogP contribution < -0.4 is 0 Å². The van der Waals surface area contributed by atoms with Crippen LogP contribution in [0.4, 0.5) is 0 Å². The highest BCUT2D eigenvalue weighted by molar-refractivity contribution is 6.43. The minimum Gasteiger partial charge on any atom is -0.293 e. The zero-order valence-corrected chi connectivity index (χ0v) is 9.12. The summed E-state index contributed by atoms with van der Waals surface area (Å²) in [6.07, 6.45) is 0.177. The van der Waals surface area contributed by atoms with Crippen LogP contribution in [0.1, 0.15) is 23.7 Å². The maximum atomic E-state index is 11.5. The van der Waals surface area contributed by atoms with Crippen molar-refractivity contribution in [2.24, 2.45) is 0 Å². The summed E-state index contributed by atoms with van der Waals surface area (Å²) in [6.45, 7) is 1.69. The minimum atomic E-state index is -0.105. The molecular weight excluding hydrogens is 219 g/mol. The number of benzene rings is 1. The summed E-state index contributed by atoms with van der Waals surface area (Å²) in [4.78, 5) is 11.5. The fraction of sp³-hybridized carbons (Fsp3) is 0.182. The van der Waals surface area contributed by atoms with Gasteiger partial charge in [0.2, 0.25) is 0 Å². The molecule has 0 bridgehead atoms. The largest absolute Gasteiger partial charge is 0.293 e. The summed E-state index contributed by atoms with van der Waals surface area (Å²) in [7, 11) is 0. The van der Waals surface area contributed by atoms with Crippen LogP contribution in [0.15, 0.2) is 18.2 Å². The monoisotopic (exact) mass is 226 g/mol. The zero-order valence-electron chi connectivity index (χ0n) is 7.60. The molecule has 0 aliphatic carbocycles. The van der Waals surface area contributed by atoms with Crippen LogP contribution in [-0.2, 0) is 0 Å². The van der Waals surface area contributed by atoms with Gasteiger partial charge in [0.15, 0.2) is 5.78 Å². The predicted molar refractivity (Wildman–Crippen MR) is 58.9 cm³/mol. The molecule has 0 aromatic heterocycles. The smallest absolute Gasteiger partial charge is 0.176 e. The van der Waals surface area contributed by atoms with Crippen molar-refractivity contribution in [2.75, 3.05) is 0 Å². The van der Waals surface area contributed by atoms with Crippen LogP contribution in [0.5, 0.6) is 0 Å². The van der Waals surface area contributed by atoms with Crippen molar-refractivity contribution in [3.8, 4) is 11.8 Å². The lowest BCUT2D eigenvalue weighted by Crippen LogP contribution is -1.98. The third-order valence-electron chi connectivity index (χ3n) is 1.68. The normalized spacial score (nSPS) is 9.07. The molecule has 0 fully saturated rings. The molecule has 1 nitrogen and oxygen atoms in total. The second-order valence-corrected chi connectivity index (χ2v) is 3.41. The van der Waals surface area contributed by atoms with Crippen molar-refractivity contribution in [2.45, 2.75) is 13.3 Å². The SMILES string of the molecule is CC#CCC(=O)c1cccc(Cl)c1Cl. The molecule has 0 amide bonds. The van der Waals surface area contributed by atoms with E-state index in [1.54, 1.807) is 25.1 Å². The number of carbonyl (C=O) groups is 1. The highest BCUT2D eigenvalue weighted by Gasteiger charge is 2.10. The third-order valence-corrected chi connectivity index (χ3v) is 2.50. The zero-order chi connectivity index (χ0) is 10.6. The van der Waals surface area contributed by atoms with Crippen molar-refractivity contribution < 1.29 is 4.79 Å². The van der Waals surface area contributed by atoms with Gasteiger partial charge in [-0.1, -0.05) is 35.2 Å².